The molecule has 2 atom stereocenters. The van der Waals surface area contributed by atoms with E-state index in [1.54, 1.807) is 6.07 Å². The van der Waals surface area contributed by atoms with Crippen molar-refractivity contribution in [2.75, 3.05) is 0 Å². The van der Waals surface area contributed by atoms with Gasteiger partial charge in [0.05, 0.1) is 6.10 Å². The molecule has 3 rings (SSSR count). The molecular weight excluding hydrogens is 255 g/mol. The van der Waals surface area contributed by atoms with Crippen LogP contribution in [0.5, 0.6) is 5.75 Å². The Morgan fingerprint density at radius 1 is 1.20 bits per heavy atom. The minimum atomic E-state index is -0.690. The van der Waals surface area contributed by atoms with E-state index in [0.717, 1.165) is 12.0 Å². The lowest BCUT2D eigenvalue weighted by Crippen LogP contribution is -2.19. The van der Waals surface area contributed by atoms with Crippen LogP contribution in [0.2, 0.25) is 0 Å². The van der Waals surface area contributed by atoms with Gasteiger partial charge in [0.15, 0.2) is 0 Å². The van der Waals surface area contributed by atoms with Crippen LogP contribution < -0.4 is 4.74 Å². The zero-order chi connectivity index (χ0) is 14.1. The summed E-state index contributed by atoms with van der Waals surface area (Å²) in [6, 6.07) is 12.5. The molecule has 2 nitrogen and oxygen atoms in total. The van der Waals surface area contributed by atoms with Gasteiger partial charge >= 0.3 is 0 Å². The van der Waals surface area contributed by atoms with Crippen LogP contribution >= 0.6 is 0 Å². The van der Waals surface area contributed by atoms with E-state index >= 15 is 0 Å². The van der Waals surface area contributed by atoms with Crippen molar-refractivity contribution in [1.82, 2.24) is 0 Å². The van der Waals surface area contributed by atoms with Crippen molar-refractivity contribution in [3.63, 3.8) is 0 Å². The molecule has 0 aliphatic carbocycles. The molecule has 0 radical (unpaired) electrons. The van der Waals surface area contributed by atoms with E-state index < -0.39 is 6.10 Å². The number of aryl methyl sites for hydroxylation is 1. The topological polar surface area (TPSA) is 29.5 Å². The van der Waals surface area contributed by atoms with Crippen LogP contribution in [0.25, 0.3) is 0 Å². The molecule has 1 N–H and O–H groups in total. The first kappa shape index (κ1) is 13.1. The maximum Gasteiger partial charge on any atom is 0.127 e. The van der Waals surface area contributed by atoms with Crippen LogP contribution in [0.1, 0.15) is 42.2 Å². The molecule has 1 aliphatic rings. The summed E-state index contributed by atoms with van der Waals surface area (Å²) in [5.74, 6) is 0.215. The van der Waals surface area contributed by atoms with E-state index in [4.69, 9.17) is 4.74 Å². The van der Waals surface area contributed by atoms with E-state index in [-0.39, 0.29) is 11.9 Å². The van der Waals surface area contributed by atoms with E-state index in [9.17, 15) is 9.50 Å². The normalized spacial score (nSPS) is 21.1. The Morgan fingerprint density at radius 3 is 2.65 bits per heavy atom. The smallest absolute Gasteiger partial charge is 0.127 e. The number of benzene rings is 2. The summed E-state index contributed by atoms with van der Waals surface area (Å²) in [6.07, 6.45) is 0.567. The first-order valence-electron chi connectivity index (χ1n) is 6.90. The maximum absolute atomic E-state index is 13.2. The highest BCUT2D eigenvalue weighted by atomic mass is 19.1. The molecule has 1 unspecified atom stereocenters. The minimum Gasteiger partial charge on any atom is -0.485 e. The Morgan fingerprint density at radius 2 is 1.95 bits per heavy atom. The van der Waals surface area contributed by atoms with Crippen LogP contribution in [0, 0.1) is 5.82 Å². The Bertz CT molecular complexity index is 607. The number of ether oxygens (including phenoxy) is 1. The van der Waals surface area contributed by atoms with Crippen molar-refractivity contribution in [2.24, 2.45) is 0 Å². The summed E-state index contributed by atoms with van der Waals surface area (Å²) in [5, 5.41) is 10.2. The Hall–Kier alpha value is -1.87. The molecule has 0 bridgehead atoms. The average Bonchev–Trinajstić information content (AvgIpc) is 2.48. The fourth-order valence-corrected chi connectivity index (χ4v) is 2.59. The van der Waals surface area contributed by atoms with Crippen LogP contribution in [-0.4, -0.2) is 5.11 Å². The predicted molar refractivity (Wildman–Crippen MR) is 75.2 cm³/mol. The molecule has 0 saturated heterocycles. The molecule has 20 heavy (non-hydrogen) atoms. The number of aliphatic hydroxyl groups excluding tert-OH is 1. The largest absolute Gasteiger partial charge is 0.485 e. The number of halogens is 1. The van der Waals surface area contributed by atoms with Crippen molar-refractivity contribution in [3.05, 3.63) is 65.0 Å². The summed E-state index contributed by atoms with van der Waals surface area (Å²) in [5.41, 5.74) is 2.84. The molecule has 1 heterocycles. The summed E-state index contributed by atoms with van der Waals surface area (Å²) in [4.78, 5) is 0. The summed E-state index contributed by atoms with van der Waals surface area (Å²) >= 11 is 0. The molecule has 1 aliphatic heterocycles. The Labute approximate surface area is 117 Å². The van der Waals surface area contributed by atoms with Crippen LogP contribution in [0.15, 0.2) is 42.5 Å². The van der Waals surface area contributed by atoms with Gasteiger partial charge in [0.25, 0.3) is 0 Å². The summed E-state index contributed by atoms with van der Waals surface area (Å²) in [7, 11) is 0. The van der Waals surface area contributed by atoms with Gasteiger partial charge in [-0.2, -0.15) is 0 Å². The second kappa shape index (κ2) is 5.25. The minimum absolute atomic E-state index is 0.186. The van der Waals surface area contributed by atoms with Crippen molar-refractivity contribution in [3.8, 4) is 5.75 Å². The predicted octanol–water partition coefficient (Wildman–Crippen LogP) is 3.95. The van der Waals surface area contributed by atoms with Gasteiger partial charge < -0.3 is 9.84 Å². The van der Waals surface area contributed by atoms with E-state index in [2.05, 4.69) is 19.1 Å². The van der Waals surface area contributed by atoms with Gasteiger partial charge in [-0.25, -0.2) is 4.39 Å². The zero-order valence-electron chi connectivity index (χ0n) is 11.3. The standard InChI is InChI=1S/C17H17FO2/c1-2-11-3-5-12(6-4-11)17-10-15(19)14-9-13(18)7-8-16(14)20-17/h3-9,15,17,19H,2,10H2,1H3/t15-,17?/m0/s1. The molecule has 0 spiro atoms. The highest BCUT2D eigenvalue weighted by Crippen LogP contribution is 2.40. The lowest BCUT2D eigenvalue weighted by molar-refractivity contribution is 0.0653. The molecule has 0 aromatic heterocycles. The molecular formula is C17H17FO2. The van der Waals surface area contributed by atoms with Crippen LogP contribution in [-0.2, 0) is 6.42 Å². The molecule has 104 valence electrons. The Balaban J connectivity index is 1.88. The maximum atomic E-state index is 13.2. The van der Waals surface area contributed by atoms with Crippen molar-refractivity contribution < 1.29 is 14.2 Å². The van der Waals surface area contributed by atoms with Crippen LogP contribution in [0.3, 0.4) is 0 Å². The molecule has 3 heteroatoms. The van der Waals surface area contributed by atoms with Crippen LogP contribution in [0.4, 0.5) is 4.39 Å². The molecule has 0 saturated carbocycles. The third-order valence-corrected chi connectivity index (χ3v) is 3.80. The van der Waals surface area contributed by atoms with Crippen molar-refractivity contribution >= 4 is 0 Å². The van der Waals surface area contributed by atoms with Crippen molar-refractivity contribution in [1.29, 1.82) is 0 Å². The third-order valence-electron chi connectivity index (χ3n) is 3.80. The molecule has 2 aromatic rings. The number of fused-ring (bicyclic) bond motifs is 1. The quantitative estimate of drug-likeness (QED) is 0.897. The highest BCUT2D eigenvalue weighted by Gasteiger charge is 2.28. The van der Waals surface area contributed by atoms with Gasteiger partial charge in [0.1, 0.15) is 17.7 Å². The fraction of sp³-hybridized carbons (Fsp3) is 0.294. The lowest BCUT2D eigenvalue weighted by Gasteiger charge is -2.30. The van der Waals surface area contributed by atoms with Gasteiger partial charge in [0, 0.05) is 12.0 Å². The second-order valence-electron chi connectivity index (χ2n) is 5.14. The zero-order valence-corrected chi connectivity index (χ0v) is 11.3. The monoisotopic (exact) mass is 272 g/mol. The first-order valence-corrected chi connectivity index (χ1v) is 6.90. The number of hydrogen-bond acceptors (Lipinski definition) is 2. The van der Waals surface area contributed by atoms with E-state index in [1.807, 2.05) is 12.1 Å². The Kier molecular flexibility index (Phi) is 3.45. The average molecular weight is 272 g/mol. The van der Waals surface area contributed by atoms with Gasteiger partial charge in [0.2, 0.25) is 0 Å². The SMILES string of the molecule is CCc1ccc(C2C[C@H](O)c3cc(F)ccc3O2)cc1. The highest BCUT2D eigenvalue weighted by molar-refractivity contribution is 5.39. The number of aliphatic hydroxyl groups is 1. The summed E-state index contributed by atoms with van der Waals surface area (Å²) < 4.78 is 19.1. The van der Waals surface area contributed by atoms with E-state index in [0.29, 0.717) is 17.7 Å². The van der Waals surface area contributed by atoms with Gasteiger partial charge in [-0.15, -0.1) is 0 Å². The van der Waals surface area contributed by atoms with Gasteiger partial charge in [-0.1, -0.05) is 31.2 Å². The number of rotatable bonds is 2. The first-order chi connectivity index (χ1) is 9.67. The van der Waals surface area contributed by atoms with Gasteiger partial charge in [-0.3, -0.25) is 0 Å². The third kappa shape index (κ3) is 2.41. The lowest BCUT2D eigenvalue weighted by atomic mass is 9.94. The summed E-state index contributed by atoms with van der Waals surface area (Å²) in [6.45, 7) is 2.11. The second-order valence-corrected chi connectivity index (χ2v) is 5.14. The van der Waals surface area contributed by atoms with Crippen molar-refractivity contribution in [2.45, 2.75) is 32.0 Å². The molecule has 0 amide bonds. The fourth-order valence-electron chi connectivity index (χ4n) is 2.59. The number of hydrogen-bond donors (Lipinski definition) is 1. The van der Waals surface area contributed by atoms with Gasteiger partial charge in [-0.05, 0) is 35.7 Å². The molecule has 2 aromatic carbocycles. The molecule has 0 fully saturated rings. The van der Waals surface area contributed by atoms with E-state index in [1.165, 1.54) is 17.7 Å².